The summed E-state index contributed by atoms with van der Waals surface area (Å²) in [6, 6.07) is 5.49. The van der Waals surface area contributed by atoms with E-state index in [9.17, 15) is 4.79 Å². The van der Waals surface area contributed by atoms with Crippen molar-refractivity contribution >= 4 is 34.2 Å². The Morgan fingerprint density at radius 1 is 1.36 bits per heavy atom. The van der Waals surface area contributed by atoms with Crippen molar-refractivity contribution in [1.82, 2.24) is 14.9 Å². The van der Waals surface area contributed by atoms with Crippen molar-refractivity contribution in [2.75, 3.05) is 11.9 Å². The highest BCUT2D eigenvalue weighted by Crippen LogP contribution is 2.53. The number of carbonyl (C=O) groups excluding carboxylic acids is 1. The van der Waals surface area contributed by atoms with Gasteiger partial charge in [0.25, 0.3) is 0 Å². The topological polar surface area (TPSA) is 58.1 Å². The Hall–Kier alpha value is -1.88. The van der Waals surface area contributed by atoms with Crippen LogP contribution in [0, 0.1) is 5.41 Å². The van der Waals surface area contributed by atoms with Gasteiger partial charge in [-0.1, -0.05) is 11.6 Å². The molecule has 1 aliphatic carbocycles. The van der Waals surface area contributed by atoms with E-state index in [1.54, 1.807) is 6.07 Å². The van der Waals surface area contributed by atoms with Crippen molar-refractivity contribution < 1.29 is 4.79 Å². The quantitative estimate of drug-likeness (QED) is 0.904. The highest BCUT2D eigenvalue weighted by atomic mass is 35.5. The van der Waals surface area contributed by atoms with Gasteiger partial charge in [-0.15, -0.1) is 0 Å². The number of benzene rings is 1. The molecular formula is C19H23ClN4O. The Morgan fingerprint density at radius 2 is 2.16 bits per heavy atom. The highest BCUT2D eigenvalue weighted by Gasteiger charge is 2.48. The van der Waals surface area contributed by atoms with Crippen LogP contribution in [0.3, 0.4) is 0 Å². The van der Waals surface area contributed by atoms with Crippen molar-refractivity contribution in [2.24, 2.45) is 5.41 Å². The second kappa shape index (κ2) is 6.13. The molecule has 5 nitrogen and oxygen atoms in total. The molecular weight excluding hydrogens is 336 g/mol. The lowest BCUT2D eigenvalue weighted by Gasteiger charge is -2.40. The number of nitrogens with zero attached hydrogens (tertiary/aromatic N) is 3. The van der Waals surface area contributed by atoms with Gasteiger partial charge in [-0.05, 0) is 63.1 Å². The lowest BCUT2D eigenvalue weighted by atomic mass is 9.90. The molecule has 132 valence electrons. The molecule has 1 amide bonds. The monoisotopic (exact) mass is 358 g/mol. The first-order valence-electron chi connectivity index (χ1n) is 8.95. The van der Waals surface area contributed by atoms with E-state index in [1.165, 1.54) is 25.6 Å². The summed E-state index contributed by atoms with van der Waals surface area (Å²) in [6.07, 6.45) is 6.40. The first-order chi connectivity index (χ1) is 12.0. The molecule has 2 aromatic rings. The predicted octanol–water partition coefficient (Wildman–Crippen LogP) is 3.87. The number of hydrogen-bond donors (Lipinski definition) is 1. The second-order valence-electron chi connectivity index (χ2n) is 7.60. The molecule has 2 fully saturated rings. The Balaban J connectivity index is 1.53. The fourth-order valence-corrected chi connectivity index (χ4v) is 3.97. The van der Waals surface area contributed by atoms with Gasteiger partial charge in [0.1, 0.15) is 18.2 Å². The van der Waals surface area contributed by atoms with Crippen LogP contribution in [0.5, 0.6) is 0 Å². The summed E-state index contributed by atoms with van der Waals surface area (Å²) in [5.41, 5.74) is 1.19. The smallest absolute Gasteiger partial charge is 0.245 e. The molecule has 1 N–H and O–H groups in total. The van der Waals surface area contributed by atoms with Crippen LogP contribution in [0.2, 0.25) is 5.02 Å². The van der Waals surface area contributed by atoms with Gasteiger partial charge in [0.2, 0.25) is 5.91 Å². The largest absolute Gasteiger partial charge is 0.358 e. The van der Waals surface area contributed by atoms with E-state index in [-0.39, 0.29) is 11.9 Å². The van der Waals surface area contributed by atoms with Gasteiger partial charge in [-0.3, -0.25) is 4.79 Å². The van der Waals surface area contributed by atoms with Gasteiger partial charge in [0.15, 0.2) is 0 Å². The van der Waals surface area contributed by atoms with Gasteiger partial charge in [0, 0.05) is 23.0 Å². The van der Waals surface area contributed by atoms with E-state index >= 15 is 0 Å². The summed E-state index contributed by atoms with van der Waals surface area (Å²) in [5.74, 6) is 0.826. The number of halogens is 1. The minimum atomic E-state index is -0.329. The minimum Gasteiger partial charge on any atom is -0.358 e. The average Bonchev–Trinajstić information content (AvgIpc) is 3.36. The van der Waals surface area contributed by atoms with Gasteiger partial charge in [-0.25, -0.2) is 9.97 Å². The second-order valence-corrected chi connectivity index (χ2v) is 8.04. The molecule has 2 aliphatic rings. The van der Waals surface area contributed by atoms with Crippen LogP contribution in [0.25, 0.3) is 10.9 Å². The van der Waals surface area contributed by atoms with Gasteiger partial charge in [-0.2, -0.15) is 0 Å². The Labute approximate surface area is 152 Å². The highest BCUT2D eigenvalue weighted by molar-refractivity contribution is 6.31. The zero-order valence-corrected chi connectivity index (χ0v) is 15.4. The van der Waals surface area contributed by atoms with Crippen LogP contribution in [0.15, 0.2) is 24.5 Å². The number of amides is 1. The molecule has 1 aliphatic heterocycles. The van der Waals surface area contributed by atoms with Crippen LogP contribution < -0.4 is 5.32 Å². The molecule has 25 heavy (non-hydrogen) atoms. The average molecular weight is 359 g/mol. The number of anilines is 1. The number of likely N-dealkylation sites (tertiary alicyclic amines) is 1. The van der Waals surface area contributed by atoms with E-state index in [1.807, 2.05) is 19.1 Å². The van der Waals surface area contributed by atoms with E-state index in [2.05, 4.69) is 27.1 Å². The van der Waals surface area contributed by atoms with Crippen molar-refractivity contribution in [3.63, 3.8) is 0 Å². The molecule has 1 aromatic heterocycles. The van der Waals surface area contributed by atoms with Crippen LogP contribution >= 0.6 is 11.6 Å². The zero-order valence-electron chi connectivity index (χ0n) is 14.6. The Bertz CT molecular complexity index is 820. The number of rotatable bonds is 3. The van der Waals surface area contributed by atoms with Crippen molar-refractivity contribution in [2.45, 2.75) is 51.6 Å². The van der Waals surface area contributed by atoms with E-state index in [4.69, 9.17) is 11.6 Å². The fourth-order valence-electron chi connectivity index (χ4n) is 3.81. The molecule has 4 rings (SSSR count). The maximum absolute atomic E-state index is 13.0. The molecule has 1 aromatic carbocycles. The third kappa shape index (κ3) is 3.17. The summed E-state index contributed by atoms with van der Waals surface area (Å²) in [5, 5.41) is 4.79. The Kier molecular flexibility index (Phi) is 4.07. The van der Waals surface area contributed by atoms with E-state index in [0.29, 0.717) is 22.3 Å². The van der Waals surface area contributed by atoms with Crippen LogP contribution in [-0.2, 0) is 4.79 Å². The maximum atomic E-state index is 13.0. The molecule has 2 heterocycles. The van der Waals surface area contributed by atoms with Gasteiger partial charge < -0.3 is 10.2 Å². The number of aromatic nitrogens is 2. The standard InChI is InChI=1S/C19H23ClN4O/c1-12-5-6-19(7-8-19)10-24(12)18(25)13(2)23-17-15-4-3-14(20)9-16(15)21-11-22-17/h3-4,9,11-13H,5-8,10H2,1-2H3,(H,21,22,23)/t12-,13+/m0/s1. The third-order valence-electron chi connectivity index (χ3n) is 5.69. The molecule has 0 radical (unpaired) electrons. The number of piperidine rings is 1. The van der Waals surface area contributed by atoms with Crippen LogP contribution in [0.4, 0.5) is 5.82 Å². The SMILES string of the molecule is C[C@@H](Nc1ncnc2cc(Cl)ccc12)C(=O)N1CC2(CC[C@@H]1C)CC2. The molecule has 6 heteroatoms. The summed E-state index contributed by atoms with van der Waals surface area (Å²) in [7, 11) is 0. The summed E-state index contributed by atoms with van der Waals surface area (Å²) in [4.78, 5) is 23.7. The molecule has 2 atom stereocenters. The van der Waals surface area contributed by atoms with Crippen LogP contribution in [0.1, 0.15) is 39.5 Å². The van der Waals surface area contributed by atoms with Crippen molar-refractivity contribution in [1.29, 1.82) is 0 Å². The molecule has 0 bridgehead atoms. The third-order valence-corrected chi connectivity index (χ3v) is 5.93. The van der Waals surface area contributed by atoms with Crippen molar-refractivity contribution in [3.8, 4) is 0 Å². The van der Waals surface area contributed by atoms with Crippen LogP contribution in [-0.4, -0.2) is 39.4 Å². The molecule has 0 unspecified atom stereocenters. The first kappa shape index (κ1) is 16.6. The first-order valence-corrected chi connectivity index (χ1v) is 9.33. The number of carbonyl (C=O) groups is 1. The summed E-state index contributed by atoms with van der Waals surface area (Å²) < 4.78 is 0. The number of hydrogen-bond acceptors (Lipinski definition) is 4. The zero-order chi connectivity index (χ0) is 17.6. The normalized spacial score (nSPS) is 22.8. The summed E-state index contributed by atoms with van der Waals surface area (Å²) >= 11 is 6.04. The maximum Gasteiger partial charge on any atom is 0.245 e. The van der Waals surface area contributed by atoms with Gasteiger partial charge >= 0.3 is 0 Å². The van der Waals surface area contributed by atoms with Crippen molar-refractivity contribution in [3.05, 3.63) is 29.5 Å². The molecule has 1 spiro atoms. The molecule has 1 saturated heterocycles. The number of nitrogens with one attached hydrogen (secondary N) is 1. The molecule has 1 saturated carbocycles. The lowest BCUT2D eigenvalue weighted by molar-refractivity contribution is -0.136. The Morgan fingerprint density at radius 3 is 2.92 bits per heavy atom. The van der Waals surface area contributed by atoms with E-state index in [0.717, 1.165) is 23.9 Å². The van der Waals surface area contributed by atoms with E-state index < -0.39 is 0 Å². The predicted molar refractivity (Wildman–Crippen MR) is 99.7 cm³/mol. The minimum absolute atomic E-state index is 0.152. The number of fused-ring (bicyclic) bond motifs is 1. The van der Waals surface area contributed by atoms with Gasteiger partial charge in [0.05, 0.1) is 5.52 Å². The fraction of sp³-hybridized carbons (Fsp3) is 0.526. The summed E-state index contributed by atoms with van der Waals surface area (Å²) in [6.45, 7) is 4.97. The lowest BCUT2D eigenvalue weighted by Crippen LogP contribution is -2.51.